The third-order valence-electron chi connectivity index (χ3n) is 13.2. The SMILES string of the molecule is [C-]#[N+]C([N+]#[C-])=C1C(=Cc2ccc(N(c3ccccc3)c3ccc(-c4ccc(-c5ccc(N(c6ccccc6)c6ccc(C=C7C(=C(C#N)C#N)c8ccccc8S7(=O)=O)cc6)cc5)s4)cc3)cc2)S(=O)(=O)c2ccccc21. The highest BCUT2D eigenvalue weighted by Gasteiger charge is 2.41. The molecule has 0 aliphatic carbocycles. The molecule has 0 amide bonds. The van der Waals surface area contributed by atoms with Crippen LogP contribution in [0.1, 0.15) is 22.3 Å². The van der Waals surface area contributed by atoms with Crippen LogP contribution in [0.25, 0.3) is 53.9 Å². The molecule has 0 unspecified atom stereocenters. The molecule has 366 valence electrons. The normalized spacial score (nSPS) is 14.6. The fraction of sp³-hybridized carbons (Fsp3) is 0. The molecule has 0 radical (unpaired) electrons. The molecule has 2 aliphatic rings. The summed E-state index contributed by atoms with van der Waals surface area (Å²) in [6.45, 7) is 15.3. The predicted molar refractivity (Wildman–Crippen MR) is 306 cm³/mol. The maximum absolute atomic E-state index is 13.8. The van der Waals surface area contributed by atoms with E-state index in [0.29, 0.717) is 22.3 Å². The van der Waals surface area contributed by atoms with Crippen molar-refractivity contribution in [1.82, 2.24) is 0 Å². The number of hydrogen-bond acceptors (Lipinski definition) is 9. The predicted octanol–water partition coefficient (Wildman–Crippen LogP) is 16.0. The molecule has 0 bridgehead atoms. The average Bonchev–Trinajstić information content (AvgIpc) is 4.25. The first-order chi connectivity index (χ1) is 37.5. The maximum Gasteiger partial charge on any atom is 0.528 e. The van der Waals surface area contributed by atoms with Crippen molar-refractivity contribution in [1.29, 1.82) is 10.5 Å². The molecule has 13 heteroatoms. The number of para-hydroxylation sites is 2. The van der Waals surface area contributed by atoms with Gasteiger partial charge in [-0.25, -0.2) is 16.8 Å². The maximum atomic E-state index is 13.8. The van der Waals surface area contributed by atoms with E-state index in [1.807, 2.05) is 121 Å². The average molecular weight is 1050 g/mol. The van der Waals surface area contributed by atoms with Crippen molar-refractivity contribution in [3.05, 3.63) is 285 Å². The van der Waals surface area contributed by atoms with Crippen molar-refractivity contribution in [2.24, 2.45) is 0 Å². The van der Waals surface area contributed by atoms with Crippen LogP contribution in [0.5, 0.6) is 0 Å². The molecule has 77 heavy (non-hydrogen) atoms. The van der Waals surface area contributed by atoms with Crippen LogP contribution in [-0.2, 0) is 19.7 Å². The zero-order chi connectivity index (χ0) is 53.3. The van der Waals surface area contributed by atoms with Gasteiger partial charge < -0.3 is 9.80 Å². The molecule has 1 aromatic heterocycles. The van der Waals surface area contributed by atoms with E-state index >= 15 is 0 Å². The molecule has 10 nitrogen and oxygen atoms in total. The third kappa shape index (κ3) is 8.99. The second-order valence-electron chi connectivity index (χ2n) is 17.7. The van der Waals surface area contributed by atoms with Crippen LogP contribution in [0, 0.1) is 35.8 Å². The van der Waals surface area contributed by atoms with Gasteiger partial charge in [-0.05, 0) is 137 Å². The van der Waals surface area contributed by atoms with Crippen LogP contribution in [0.15, 0.2) is 249 Å². The lowest BCUT2D eigenvalue weighted by Gasteiger charge is -2.25. The van der Waals surface area contributed by atoms with Crippen molar-refractivity contribution in [3.63, 3.8) is 0 Å². The number of rotatable bonds is 10. The van der Waals surface area contributed by atoms with E-state index in [-0.39, 0.29) is 42.1 Å². The highest BCUT2D eigenvalue weighted by atomic mass is 32.2. The van der Waals surface area contributed by atoms with Gasteiger partial charge in [0.25, 0.3) is 0 Å². The van der Waals surface area contributed by atoms with Gasteiger partial charge in [0.2, 0.25) is 19.7 Å². The van der Waals surface area contributed by atoms with Gasteiger partial charge in [0.05, 0.1) is 25.2 Å². The summed E-state index contributed by atoms with van der Waals surface area (Å²) in [5.74, 6) is -0.295. The standard InChI is InChI=1S/C64H38N6O4S3/c1-67-64(68-2)63-55-18-10-12-20-59(55)77(73,74)61(63)40-44-23-31-51(32-24-44)70(49-15-7-4-8-16-49)53-35-27-46(28-36-53)57-38-37-56(75-57)45-25-33-52(34-26-45)69(48-13-5-3-6-14-48)50-29-21-43(22-30-50)39-60-62(47(41-65)42-66)54-17-9-11-19-58(54)76(60,71)72/h3-40H. The molecule has 0 spiro atoms. The summed E-state index contributed by atoms with van der Waals surface area (Å²) in [7, 11) is -7.96. The Morgan fingerprint density at radius 1 is 0.429 bits per heavy atom. The molecule has 9 aromatic rings. The minimum absolute atomic E-state index is 0.0669. The van der Waals surface area contributed by atoms with Gasteiger partial charge in [-0.2, -0.15) is 20.2 Å². The van der Waals surface area contributed by atoms with E-state index in [0.717, 1.165) is 55.0 Å². The van der Waals surface area contributed by atoms with Gasteiger partial charge in [-0.15, -0.1) is 11.3 Å². The van der Waals surface area contributed by atoms with E-state index in [9.17, 15) is 27.4 Å². The van der Waals surface area contributed by atoms with Gasteiger partial charge in [0.1, 0.15) is 30.9 Å². The summed E-state index contributed by atoms with van der Waals surface area (Å²) in [6.07, 6.45) is 3.05. The summed E-state index contributed by atoms with van der Waals surface area (Å²) in [5, 5.41) is 19.6. The van der Waals surface area contributed by atoms with Gasteiger partial charge in [-0.3, -0.25) is 0 Å². The van der Waals surface area contributed by atoms with E-state index in [1.165, 1.54) is 24.3 Å². The number of hydrogen-bond donors (Lipinski definition) is 0. The Bertz CT molecular complexity index is 4050. The highest BCUT2D eigenvalue weighted by molar-refractivity contribution is 7.97. The molecular formula is C64H38N6O4S3. The third-order valence-corrected chi connectivity index (χ3v) is 18.1. The minimum atomic E-state index is -3.99. The quantitative estimate of drug-likeness (QED) is 0.0977. The topological polar surface area (TPSA) is 131 Å². The first-order valence-electron chi connectivity index (χ1n) is 23.9. The van der Waals surface area contributed by atoms with Gasteiger partial charge in [-0.1, -0.05) is 121 Å². The lowest BCUT2D eigenvalue weighted by molar-refractivity contribution is 0.603. The van der Waals surface area contributed by atoms with Crippen LogP contribution in [0.4, 0.5) is 34.1 Å². The second-order valence-corrected chi connectivity index (χ2v) is 22.6. The Morgan fingerprint density at radius 3 is 1.16 bits per heavy atom. The van der Waals surface area contributed by atoms with Gasteiger partial charge in [0, 0.05) is 55.0 Å². The van der Waals surface area contributed by atoms with E-state index in [4.69, 9.17) is 13.1 Å². The van der Waals surface area contributed by atoms with Crippen molar-refractivity contribution < 1.29 is 16.8 Å². The highest BCUT2D eigenvalue weighted by Crippen LogP contribution is 2.48. The molecule has 3 heterocycles. The second kappa shape index (κ2) is 20.3. The van der Waals surface area contributed by atoms with Gasteiger partial charge in [0.15, 0.2) is 0 Å². The van der Waals surface area contributed by atoms with Crippen LogP contribution < -0.4 is 9.80 Å². The minimum Gasteiger partial charge on any atom is -0.311 e. The fourth-order valence-electron chi connectivity index (χ4n) is 9.64. The molecule has 0 saturated carbocycles. The number of allylic oxidation sites excluding steroid dienone is 3. The van der Waals surface area contributed by atoms with E-state index in [2.05, 4.69) is 80.2 Å². The first-order valence-corrected chi connectivity index (χ1v) is 27.7. The molecule has 2 aliphatic heterocycles. The Hall–Kier alpha value is -10.1. The summed E-state index contributed by atoms with van der Waals surface area (Å²) < 4.78 is 55.1. The van der Waals surface area contributed by atoms with Gasteiger partial charge >= 0.3 is 5.82 Å². The van der Waals surface area contributed by atoms with E-state index in [1.54, 1.807) is 47.7 Å². The molecular weight excluding hydrogens is 1010 g/mol. The molecule has 8 aromatic carbocycles. The number of nitriles is 2. The summed E-state index contributed by atoms with van der Waals surface area (Å²) in [4.78, 5) is 13.2. The molecule has 0 saturated heterocycles. The van der Waals surface area contributed by atoms with Crippen molar-refractivity contribution >= 4 is 88.4 Å². The van der Waals surface area contributed by atoms with Crippen LogP contribution in [0.2, 0.25) is 0 Å². The molecule has 0 atom stereocenters. The van der Waals surface area contributed by atoms with E-state index < -0.39 is 19.7 Å². The number of nitrogens with zero attached hydrogens (tertiary/aromatic N) is 6. The Kier molecular flexibility index (Phi) is 12.9. The molecule has 11 rings (SSSR count). The van der Waals surface area contributed by atoms with Crippen molar-refractivity contribution in [3.8, 4) is 33.0 Å². The Labute approximate surface area is 450 Å². The van der Waals surface area contributed by atoms with Crippen molar-refractivity contribution in [2.75, 3.05) is 9.80 Å². The molecule has 0 N–H and O–H groups in total. The van der Waals surface area contributed by atoms with Crippen molar-refractivity contribution in [2.45, 2.75) is 9.79 Å². The lowest BCUT2D eigenvalue weighted by atomic mass is 9.99. The Morgan fingerprint density at radius 2 is 0.766 bits per heavy atom. The molecule has 0 fully saturated rings. The number of benzene rings is 8. The number of sulfone groups is 2. The summed E-state index contributed by atoms with van der Waals surface area (Å²) in [6, 6.07) is 72.5. The van der Waals surface area contributed by atoms with Crippen LogP contribution in [0.3, 0.4) is 0 Å². The lowest BCUT2D eigenvalue weighted by Crippen LogP contribution is -2.09. The largest absolute Gasteiger partial charge is 0.528 e. The number of anilines is 6. The summed E-state index contributed by atoms with van der Waals surface area (Å²) in [5.41, 5.74) is 9.28. The zero-order valence-electron chi connectivity index (χ0n) is 40.5. The van der Waals surface area contributed by atoms with Crippen LogP contribution in [-0.4, -0.2) is 16.8 Å². The summed E-state index contributed by atoms with van der Waals surface area (Å²) >= 11 is 1.68. The fourth-order valence-corrected chi connectivity index (χ4v) is 14.1. The zero-order valence-corrected chi connectivity index (χ0v) is 42.9. The number of fused-ring (bicyclic) bond motifs is 2. The number of thiophene rings is 1. The Balaban J connectivity index is 0.847. The van der Waals surface area contributed by atoms with Crippen LogP contribution >= 0.6 is 11.3 Å². The monoisotopic (exact) mass is 1050 g/mol. The smallest absolute Gasteiger partial charge is 0.311 e. The first kappa shape index (κ1) is 49.1.